The highest BCUT2D eigenvalue weighted by molar-refractivity contribution is 5.92. The molecule has 4 nitrogen and oxygen atoms in total. The highest BCUT2D eigenvalue weighted by atomic mass is 16.2. The first-order valence-electron chi connectivity index (χ1n) is 14.3. The van der Waals surface area contributed by atoms with Gasteiger partial charge in [0.15, 0.2) is 0 Å². The molecule has 1 aromatic rings. The number of hydrogen-bond donors (Lipinski definition) is 0. The van der Waals surface area contributed by atoms with Gasteiger partial charge in [0.05, 0.1) is 0 Å². The molecule has 4 heteroatoms. The largest absolute Gasteiger partial charge is 0.378 e. The van der Waals surface area contributed by atoms with Gasteiger partial charge in [-0.15, -0.1) is 0 Å². The summed E-state index contributed by atoms with van der Waals surface area (Å²) >= 11 is 0. The minimum absolute atomic E-state index is 0.00116. The highest BCUT2D eigenvalue weighted by Crippen LogP contribution is 2.38. The molecule has 0 aromatic heterocycles. The number of urea groups is 1. The zero-order valence-corrected chi connectivity index (χ0v) is 22.2. The van der Waals surface area contributed by atoms with E-state index in [0.717, 1.165) is 31.6 Å². The van der Waals surface area contributed by atoms with Gasteiger partial charge in [0, 0.05) is 44.1 Å². The summed E-state index contributed by atoms with van der Waals surface area (Å²) in [7, 11) is 4.16. The monoisotopic (exact) mass is 467 g/mol. The van der Waals surface area contributed by atoms with Gasteiger partial charge in [-0.05, 0) is 81.5 Å². The maximum atomic E-state index is 14.6. The lowest BCUT2D eigenvalue weighted by Crippen LogP contribution is -2.57. The third-order valence-electron chi connectivity index (χ3n) is 9.05. The quantitative estimate of drug-likeness (QED) is 0.408. The SMILES string of the molecule is CN(C)c1ccc(N(CC2CCCCC2)C(=O)N(CC2CCCCC2)C2(C)CCCCC2)cc1. The summed E-state index contributed by atoms with van der Waals surface area (Å²) in [6.07, 6.45) is 19.3. The average molecular weight is 468 g/mol. The van der Waals surface area contributed by atoms with Crippen molar-refractivity contribution < 1.29 is 4.79 Å². The Morgan fingerprint density at radius 1 is 0.735 bits per heavy atom. The van der Waals surface area contributed by atoms with E-state index in [1.165, 1.54) is 89.2 Å². The smallest absolute Gasteiger partial charge is 0.324 e. The van der Waals surface area contributed by atoms with Gasteiger partial charge in [-0.1, -0.05) is 57.8 Å². The van der Waals surface area contributed by atoms with Crippen molar-refractivity contribution in [2.45, 2.75) is 109 Å². The van der Waals surface area contributed by atoms with Crippen LogP contribution in [0.4, 0.5) is 16.2 Å². The molecule has 0 radical (unpaired) electrons. The number of amides is 2. The molecule has 0 N–H and O–H groups in total. The molecule has 4 rings (SSSR count). The molecule has 190 valence electrons. The summed E-state index contributed by atoms with van der Waals surface area (Å²) in [6, 6.07) is 8.98. The van der Waals surface area contributed by atoms with Crippen molar-refractivity contribution in [2.75, 3.05) is 37.0 Å². The number of hydrogen-bond acceptors (Lipinski definition) is 2. The van der Waals surface area contributed by atoms with Crippen LogP contribution in [0, 0.1) is 11.8 Å². The number of anilines is 2. The molecule has 0 atom stereocenters. The topological polar surface area (TPSA) is 26.8 Å². The number of nitrogens with zero attached hydrogens (tertiary/aromatic N) is 3. The lowest BCUT2D eigenvalue weighted by Gasteiger charge is -2.48. The fraction of sp³-hybridized carbons (Fsp3) is 0.767. The van der Waals surface area contributed by atoms with E-state index in [2.05, 4.69) is 60.0 Å². The Labute approximate surface area is 209 Å². The average Bonchev–Trinajstić information content (AvgIpc) is 2.87. The first-order valence-corrected chi connectivity index (χ1v) is 14.3. The molecule has 3 saturated carbocycles. The van der Waals surface area contributed by atoms with Crippen molar-refractivity contribution in [1.29, 1.82) is 0 Å². The van der Waals surface area contributed by atoms with Gasteiger partial charge in [-0.3, -0.25) is 4.90 Å². The van der Waals surface area contributed by atoms with Gasteiger partial charge in [-0.2, -0.15) is 0 Å². The second-order valence-electron chi connectivity index (χ2n) is 12.0. The van der Waals surface area contributed by atoms with E-state index >= 15 is 0 Å². The maximum Gasteiger partial charge on any atom is 0.324 e. The predicted octanol–water partition coefficient (Wildman–Crippen LogP) is 7.86. The zero-order chi connectivity index (χ0) is 24.0. The van der Waals surface area contributed by atoms with Crippen LogP contribution in [-0.4, -0.2) is 43.7 Å². The van der Waals surface area contributed by atoms with Crippen LogP contribution in [-0.2, 0) is 0 Å². The number of carbonyl (C=O) groups is 1. The Bertz CT molecular complexity index is 756. The molecular weight excluding hydrogens is 418 g/mol. The Morgan fingerprint density at radius 2 is 1.21 bits per heavy atom. The molecule has 3 aliphatic rings. The molecule has 0 heterocycles. The normalized spacial score (nSPS) is 21.7. The van der Waals surface area contributed by atoms with Crippen LogP contribution < -0.4 is 9.80 Å². The molecule has 1 aromatic carbocycles. The minimum atomic E-state index is 0.00116. The van der Waals surface area contributed by atoms with Crippen LogP contribution in [0.3, 0.4) is 0 Å². The van der Waals surface area contributed by atoms with Gasteiger partial charge in [0.1, 0.15) is 0 Å². The standard InChI is InChI=1S/C30H49N3O/c1-30(21-11-6-12-22-30)33(24-26-15-9-5-10-16-26)29(34)32(23-25-13-7-4-8-14-25)28-19-17-27(18-20-28)31(2)3/h17-20,25-26H,4-16,21-24H2,1-3H3. The third kappa shape index (κ3) is 6.29. The van der Waals surface area contributed by atoms with E-state index in [4.69, 9.17) is 0 Å². The van der Waals surface area contributed by atoms with Crippen LogP contribution in [0.1, 0.15) is 103 Å². The number of benzene rings is 1. The van der Waals surface area contributed by atoms with Gasteiger partial charge in [0.2, 0.25) is 0 Å². The Balaban J connectivity index is 1.62. The third-order valence-corrected chi connectivity index (χ3v) is 9.05. The van der Waals surface area contributed by atoms with E-state index in [0.29, 0.717) is 11.8 Å². The Morgan fingerprint density at radius 3 is 1.74 bits per heavy atom. The second-order valence-corrected chi connectivity index (χ2v) is 12.0. The van der Waals surface area contributed by atoms with E-state index in [9.17, 15) is 4.79 Å². The van der Waals surface area contributed by atoms with Crippen molar-refractivity contribution in [3.05, 3.63) is 24.3 Å². The fourth-order valence-electron chi connectivity index (χ4n) is 6.74. The molecule has 3 aliphatic carbocycles. The van der Waals surface area contributed by atoms with E-state index in [1.54, 1.807) is 0 Å². The molecule has 0 spiro atoms. The summed E-state index contributed by atoms with van der Waals surface area (Å²) in [6.45, 7) is 4.21. The lowest BCUT2D eigenvalue weighted by molar-refractivity contribution is 0.0757. The molecule has 0 unspecified atom stereocenters. The van der Waals surface area contributed by atoms with Crippen molar-refractivity contribution >= 4 is 17.4 Å². The highest BCUT2D eigenvalue weighted by Gasteiger charge is 2.40. The van der Waals surface area contributed by atoms with Crippen molar-refractivity contribution in [3.8, 4) is 0 Å². The molecule has 0 saturated heterocycles. The van der Waals surface area contributed by atoms with Crippen molar-refractivity contribution in [2.24, 2.45) is 11.8 Å². The molecule has 0 aliphatic heterocycles. The summed E-state index contributed by atoms with van der Waals surface area (Å²) in [5, 5.41) is 0. The molecule has 3 fully saturated rings. The molecule has 34 heavy (non-hydrogen) atoms. The summed E-state index contributed by atoms with van der Waals surface area (Å²) < 4.78 is 0. The van der Waals surface area contributed by atoms with Crippen LogP contribution in [0.25, 0.3) is 0 Å². The number of carbonyl (C=O) groups excluding carboxylic acids is 1. The van der Waals surface area contributed by atoms with Crippen LogP contribution in [0.5, 0.6) is 0 Å². The van der Waals surface area contributed by atoms with E-state index in [-0.39, 0.29) is 11.6 Å². The second kappa shape index (κ2) is 11.8. The minimum Gasteiger partial charge on any atom is -0.378 e. The molecule has 2 amide bonds. The van der Waals surface area contributed by atoms with E-state index < -0.39 is 0 Å². The van der Waals surface area contributed by atoms with Crippen molar-refractivity contribution in [1.82, 2.24) is 4.90 Å². The first kappa shape index (κ1) is 25.4. The van der Waals surface area contributed by atoms with Crippen LogP contribution in [0.2, 0.25) is 0 Å². The lowest BCUT2D eigenvalue weighted by atomic mass is 9.80. The van der Waals surface area contributed by atoms with Gasteiger partial charge in [0.25, 0.3) is 0 Å². The van der Waals surface area contributed by atoms with Gasteiger partial charge < -0.3 is 9.80 Å². The number of rotatable bonds is 7. The van der Waals surface area contributed by atoms with E-state index in [1.807, 2.05) is 0 Å². The Kier molecular flexibility index (Phi) is 8.82. The summed E-state index contributed by atoms with van der Waals surface area (Å²) in [4.78, 5) is 21.2. The summed E-state index contributed by atoms with van der Waals surface area (Å²) in [5.74, 6) is 1.30. The maximum absolute atomic E-state index is 14.6. The predicted molar refractivity (Wildman–Crippen MR) is 145 cm³/mol. The first-order chi connectivity index (χ1) is 16.5. The zero-order valence-electron chi connectivity index (χ0n) is 22.2. The Hall–Kier alpha value is -1.71. The molecule has 0 bridgehead atoms. The van der Waals surface area contributed by atoms with Crippen molar-refractivity contribution in [3.63, 3.8) is 0 Å². The van der Waals surface area contributed by atoms with Crippen LogP contribution >= 0.6 is 0 Å². The van der Waals surface area contributed by atoms with Gasteiger partial charge >= 0.3 is 6.03 Å². The molecular formula is C30H49N3O. The fourth-order valence-corrected chi connectivity index (χ4v) is 6.74. The van der Waals surface area contributed by atoms with Gasteiger partial charge in [-0.25, -0.2) is 4.79 Å². The summed E-state index contributed by atoms with van der Waals surface area (Å²) in [5.41, 5.74) is 2.27. The van der Waals surface area contributed by atoms with Crippen LogP contribution in [0.15, 0.2) is 24.3 Å².